The van der Waals surface area contributed by atoms with Crippen LogP contribution in [0, 0.1) is 5.41 Å². The van der Waals surface area contributed by atoms with Gasteiger partial charge < -0.3 is 9.64 Å². The molecule has 3 aromatic heterocycles. The Labute approximate surface area is 208 Å². The lowest BCUT2D eigenvalue weighted by atomic mass is 9.76. The summed E-state index contributed by atoms with van der Waals surface area (Å²) in [4.78, 5) is 7.36. The molecule has 180 valence electrons. The Morgan fingerprint density at radius 1 is 1.06 bits per heavy atom. The van der Waals surface area contributed by atoms with Crippen molar-refractivity contribution in [3.63, 3.8) is 0 Å². The smallest absolute Gasteiger partial charge is 0.214 e. The van der Waals surface area contributed by atoms with E-state index in [1.54, 1.807) is 13.4 Å². The number of methoxy groups -OCH3 is 1. The maximum absolute atomic E-state index is 5.46. The summed E-state index contributed by atoms with van der Waals surface area (Å²) in [5.74, 6) is 1.81. The van der Waals surface area contributed by atoms with Crippen molar-refractivity contribution in [1.29, 1.82) is 0 Å². The number of H-pyrrole nitrogens is 1. The molecular formula is C28H27N7O. The Bertz CT molecular complexity index is 1610. The van der Waals surface area contributed by atoms with E-state index >= 15 is 0 Å². The topological polar surface area (TPSA) is 84.2 Å². The Morgan fingerprint density at radius 3 is 2.67 bits per heavy atom. The summed E-state index contributed by atoms with van der Waals surface area (Å²) >= 11 is 0. The van der Waals surface area contributed by atoms with E-state index in [4.69, 9.17) is 9.72 Å². The molecule has 0 radical (unpaired) electrons. The van der Waals surface area contributed by atoms with Crippen LogP contribution in [0.15, 0.2) is 61.4 Å². The summed E-state index contributed by atoms with van der Waals surface area (Å²) in [7, 11) is 1.74. The first kappa shape index (κ1) is 21.1. The van der Waals surface area contributed by atoms with Gasteiger partial charge in [0.1, 0.15) is 17.8 Å². The van der Waals surface area contributed by atoms with Gasteiger partial charge in [-0.2, -0.15) is 10.1 Å². The van der Waals surface area contributed by atoms with Gasteiger partial charge in [-0.05, 0) is 59.9 Å². The van der Waals surface area contributed by atoms with Crippen LogP contribution in [0.25, 0.3) is 22.3 Å². The second-order valence-electron chi connectivity index (χ2n) is 10.1. The molecule has 5 aromatic rings. The van der Waals surface area contributed by atoms with Gasteiger partial charge in [0.05, 0.1) is 12.5 Å². The second-order valence-corrected chi connectivity index (χ2v) is 10.1. The quantitative estimate of drug-likeness (QED) is 0.412. The number of hydrogen-bond acceptors (Lipinski definition) is 6. The molecule has 7 rings (SSSR count). The predicted molar refractivity (Wildman–Crippen MR) is 139 cm³/mol. The molecule has 0 saturated carbocycles. The number of fused-ring (bicyclic) bond motifs is 4. The number of ether oxygens (including phenoxy) is 1. The molecule has 4 heterocycles. The molecule has 1 aliphatic carbocycles. The van der Waals surface area contributed by atoms with E-state index in [2.05, 4.69) is 50.1 Å². The van der Waals surface area contributed by atoms with Gasteiger partial charge in [0.25, 0.3) is 0 Å². The summed E-state index contributed by atoms with van der Waals surface area (Å²) in [5.41, 5.74) is 7.28. The lowest BCUT2D eigenvalue weighted by Gasteiger charge is -2.39. The molecule has 1 aliphatic heterocycles. The van der Waals surface area contributed by atoms with E-state index in [-0.39, 0.29) is 0 Å². The van der Waals surface area contributed by atoms with Crippen molar-refractivity contribution in [3.05, 3.63) is 83.8 Å². The molecule has 2 aliphatic rings. The number of hydrogen-bond donors (Lipinski definition) is 1. The minimum atomic E-state index is 0.316. The zero-order chi connectivity index (χ0) is 24.3. The number of nitrogens with one attached hydrogen (secondary N) is 1. The Balaban J connectivity index is 1.19. The number of aromatic nitrogens is 6. The van der Waals surface area contributed by atoms with Gasteiger partial charge in [0, 0.05) is 18.7 Å². The summed E-state index contributed by atoms with van der Waals surface area (Å²) < 4.78 is 7.45. The van der Waals surface area contributed by atoms with Crippen molar-refractivity contribution in [2.75, 3.05) is 25.1 Å². The third-order valence-electron chi connectivity index (χ3n) is 8.01. The first-order chi connectivity index (χ1) is 17.6. The Hall–Kier alpha value is -4.20. The fourth-order valence-electron chi connectivity index (χ4n) is 6.02. The van der Waals surface area contributed by atoms with Gasteiger partial charge >= 0.3 is 0 Å². The van der Waals surface area contributed by atoms with Gasteiger partial charge in [0.2, 0.25) is 5.95 Å². The fraction of sp³-hybridized carbons (Fsp3) is 0.286. The molecule has 0 unspecified atom stereocenters. The first-order valence-corrected chi connectivity index (χ1v) is 12.4. The molecule has 0 amide bonds. The molecular weight excluding hydrogens is 450 g/mol. The molecule has 0 atom stereocenters. The van der Waals surface area contributed by atoms with Crippen LogP contribution in [0.1, 0.15) is 35.2 Å². The predicted octanol–water partition coefficient (Wildman–Crippen LogP) is 4.46. The van der Waals surface area contributed by atoms with Crippen LogP contribution in [0.3, 0.4) is 0 Å². The van der Waals surface area contributed by atoms with Gasteiger partial charge in [-0.1, -0.05) is 43.0 Å². The van der Waals surface area contributed by atoms with E-state index in [1.165, 1.54) is 11.1 Å². The number of aromatic amines is 1. The van der Waals surface area contributed by atoms with Gasteiger partial charge in [-0.15, -0.1) is 10.2 Å². The lowest BCUT2D eigenvalue weighted by molar-refractivity contribution is 0.231. The van der Waals surface area contributed by atoms with Crippen molar-refractivity contribution in [3.8, 4) is 5.75 Å². The van der Waals surface area contributed by atoms with E-state index in [0.717, 1.165) is 78.3 Å². The maximum Gasteiger partial charge on any atom is 0.214 e. The molecule has 8 nitrogen and oxygen atoms in total. The fourth-order valence-corrected chi connectivity index (χ4v) is 6.02. The van der Waals surface area contributed by atoms with Crippen molar-refractivity contribution in [2.45, 2.75) is 25.7 Å². The molecule has 1 fully saturated rings. The van der Waals surface area contributed by atoms with E-state index in [0.29, 0.717) is 11.1 Å². The highest BCUT2D eigenvalue weighted by atomic mass is 16.5. The van der Waals surface area contributed by atoms with Crippen molar-refractivity contribution in [1.82, 2.24) is 29.8 Å². The van der Waals surface area contributed by atoms with Crippen LogP contribution in [-0.4, -0.2) is 50.0 Å². The number of anilines is 1. The maximum atomic E-state index is 5.46. The number of nitrogens with zero attached hydrogens (tertiary/aromatic N) is 6. The van der Waals surface area contributed by atoms with Crippen LogP contribution in [0.4, 0.5) is 5.95 Å². The molecule has 1 N–H and O–H groups in total. The van der Waals surface area contributed by atoms with Crippen molar-refractivity contribution < 1.29 is 4.74 Å². The first-order valence-electron chi connectivity index (χ1n) is 12.4. The number of piperidine rings is 1. The molecule has 36 heavy (non-hydrogen) atoms. The van der Waals surface area contributed by atoms with Crippen LogP contribution in [-0.2, 0) is 12.8 Å². The van der Waals surface area contributed by atoms with Crippen LogP contribution < -0.4 is 9.64 Å². The zero-order valence-corrected chi connectivity index (χ0v) is 20.2. The highest BCUT2D eigenvalue weighted by Gasteiger charge is 2.40. The Kier molecular flexibility index (Phi) is 4.64. The lowest BCUT2D eigenvalue weighted by Crippen LogP contribution is -2.41. The van der Waals surface area contributed by atoms with Gasteiger partial charge in [-0.3, -0.25) is 9.50 Å². The van der Waals surface area contributed by atoms with Crippen LogP contribution in [0.5, 0.6) is 5.75 Å². The normalized spacial score (nSPS) is 16.6. The molecule has 8 heteroatoms. The van der Waals surface area contributed by atoms with E-state index in [1.807, 2.05) is 34.7 Å². The monoisotopic (exact) mass is 477 g/mol. The van der Waals surface area contributed by atoms with Crippen LogP contribution in [0.2, 0.25) is 0 Å². The van der Waals surface area contributed by atoms with Crippen molar-refractivity contribution in [2.24, 2.45) is 5.41 Å². The van der Waals surface area contributed by atoms with E-state index < -0.39 is 0 Å². The van der Waals surface area contributed by atoms with E-state index in [9.17, 15) is 0 Å². The molecule has 0 bridgehead atoms. The van der Waals surface area contributed by atoms with Gasteiger partial charge in [-0.25, -0.2) is 0 Å². The average Bonchev–Trinajstić information content (AvgIpc) is 3.64. The largest absolute Gasteiger partial charge is 0.497 e. The van der Waals surface area contributed by atoms with Crippen molar-refractivity contribution >= 4 is 28.2 Å². The van der Waals surface area contributed by atoms with Gasteiger partial charge in [0.15, 0.2) is 11.3 Å². The number of benzene rings is 2. The third kappa shape index (κ3) is 3.21. The highest BCUT2D eigenvalue weighted by Crippen LogP contribution is 2.46. The SMILES string of the molecule is C=C(c1ccccc1)c1n[nH]c2nc(N3CCC4(CC3)Cc3ccc(OC)cc3C4)n3cnnc3c12. The van der Waals surface area contributed by atoms with Crippen LogP contribution >= 0.6 is 0 Å². The average molecular weight is 478 g/mol. The standard InChI is InChI=1S/C28H27N7O/c1-18(19-6-4-3-5-7-19)24-23-25(32-31-24)30-27(35-17-29-33-26(23)35)34-12-10-28(11-13-34)15-20-8-9-22(36-2)14-21(20)16-28/h3-9,14,17H,1,10-13,15-16H2,2H3,(H,31,32). The minimum Gasteiger partial charge on any atom is -0.497 e. The second kappa shape index (κ2) is 7.91. The minimum absolute atomic E-state index is 0.316. The Morgan fingerprint density at radius 2 is 1.86 bits per heavy atom. The summed E-state index contributed by atoms with van der Waals surface area (Å²) in [6.07, 6.45) is 6.24. The number of rotatable bonds is 4. The summed E-state index contributed by atoms with van der Waals surface area (Å²) in [5, 5.41) is 17.3. The molecule has 2 aromatic carbocycles. The molecule has 1 saturated heterocycles. The highest BCUT2D eigenvalue weighted by molar-refractivity contribution is 6.00. The molecule has 1 spiro atoms. The zero-order valence-electron chi connectivity index (χ0n) is 20.2. The summed E-state index contributed by atoms with van der Waals surface area (Å²) in [6, 6.07) is 16.6. The third-order valence-corrected chi connectivity index (χ3v) is 8.01. The summed E-state index contributed by atoms with van der Waals surface area (Å²) in [6.45, 7) is 6.18.